The van der Waals surface area contributed by atoms with E-state index >= 15 is 0 Å². The zero-order chi connectivity index (χ0) is 13.7. The first-order chi connectivity index (χ1) is 9.20. The number of anilines is 2. The first kappa shape index (κ1) is 13.1. The van der Waals surface area contributed by atoms with E-state index in [4.69, 9.17) is 4.52 Å². The van der Waals surface area contributed by atoms with Crippen molar-refractivity contribution in [3.05, 3.63) is 35.7 Å². The molecule has 2 heterocycles. The molecule has 0 aliphatic heterocycles. The molecule has 100 valence electrons. The molecule has 19 heavy (non-hydrogen) atoms. The van der Waals surface area contributed by atoms with Gasteiger partial charge in [0.1, 0.15) is 11.6 Å². The van der Waals surface area contributed by atoms with E-state index in [0.717, 1.165) is 13.0 Å². The molecule has 0 atom stereocenters. The molecule has 2 N–H and O–H groups in total. The van der Waals surface area contributed by atoms with Gasteiger partial charge in [-0.3, -0.25) is 4.79 Å². The third-order valence-corrected chi connectivity index (χ3v) is 2.46. The molecule has 0 unspecified atom stereocenters. The zero-order valence-electron chi connectivity index (χ0n) is 10.9. The Kier molecular flexibility index (Phi) is 4.12. The van der Waals surface area contributed by atoms with Crippen LogP contribution in [0, 0.1) is 6.92 Å². The molecule has 1 amide bonds. The number of aryl methyl sites for hydroxylation is 1. The quantitative estimate of drug-likeness (QED) is 0.863. The van der Waals surface area contributed by atoms with Crippen LogP contribution in [-0.2, 0) is 0 Å². The van der Waals surface area contributed by atoms with Crippen LogP contribution in [0.1, 0.15) is 29.5 Å². The molecule has 6 heteroatoms. The van der Waals surface area contributed by atoms with Crippen LogP contribution >= 0.6 is 0 Å². The molecule has 0 saturated carbocycles. The van der Waals surface area contributed by atoms with Crippen molar-refractivity contribution in [3.63, 3.8) is 0 Å². The van der Waals surface area contributed by atoms with E-state index in [-0.39, 0.29) is 5.91 Å². The number of carbonyl (C=O) groups is 1. The summed E-state index contributed by atoms with van der Waals surface area (Å²) in [6, 6.07) is 5.10. The smallest absolute Gasteiger partial charge is 0.260 e. The number of hydrogen-bond acceptors (Lipinski definition) is 5. The highest BCUT2D eigenvalue weighted by molar-refractivity contribution is 6.06. The number of hydrogen-bond donors (Lipinski definition) is 2. The summed E-state index contributed by atoms with van der Waals surface area (Å²) in [5.41, 5.74) is 0.483. The monoisotopic (exact) mass is 260 g/mol. The standard InChI is InChI=1S/C13H16N4O2/c1-3-6-14-12-10(5-4-7-15-12)13(18)16-11-8-9(2)19-17-11/h4-5,7-8H,3,6H2,1-2H3,(H,14,15)(H,16,17,18). The number of nitrogens with one attached hydrogen (secondary N) is 2. The Balaban J connectivity index is 2.14. The van der Waals surface area contributed by atoms with Gasteiger partial charge in [-0.1, -0.05) is 12.1 Å². The number of carbonyl (C=O) groups excluding carboxylic acids is 1. The third-order valence-electron chi connectivity index (χ3n) is 2.46. The summed E-state index contributed by atoms with van der Waals surface area (Å²) in [4.78, 5) is 16.3. The predicted molar refractivity (Wildman–Crippen MR) is 72.2 cm³/mol. The third kappa shape index (κ3) is 3.31. The lowest BCUT2D eigenvalue weighted by molar-refractivity contribution is 0.102. The van der Waals surface area contributed by atoms with Crippen molar-refractivity contribution in [1.29, 1.82) is 0 Å². The number of amides is 1. The van der Waals surface area contributed by atoms with Gasteiger partial charge >= 0.3 is 0 Å². The van der Waals surface area contributed by atoms with Gasteiger partial charge in [-0.25, -0.2) is 4.98 Å². The average molecular weight is 260 g/mol. The summed E-state index contributed by atoms with van der Waals surface area (Å²) in [6.45, 7) is 4.58. The highest BCUT2D eigenvalue weighted by atomic mass is 16.5. The summed E-state index contributed by atoms with van der Waals surface area (Å²) in [5.74, 6) is 1.35. The van der Waals surface area contributed by atoms with E-state index < -0.39 is 0 Å². The van der Waals surface area contributed by atoms with Crippen molar-refractivity contribution in [2.24, 2.45) is 0 Å². The minimum Gasteiger partial charge on any atom is -0.369 e. The van der Waals surface area contributed by atoms with Crippen LogP contribution in [0.5, 0.6) is 0 Å². The van der Waals surface area contributed by atoms with Crippen molar-refractivity contribution in [1.82, 2.24) is 10.1 Å². The van der Waals surface area contributed by atoms with Gasteiger partial charge in [0, 0.05) is 18.8 Å². The molecule has 0 saturated heterocycles. The Morgan fingerprint density at radius 3 is 3.00 bits per heavy atom. The van der Waals surface area contributed by atoms with E-state index in [0.29, 0.717) is 23.0 Å². The van der Waals surface area contributed by atoms with Crippen molar-refractivity contribution in [2.75, 3.05) is 17.2 Å². The predicted octanol–water partition coefficient (Wildman–Crippen LogP) is 2.45. The van der Waals surface area contributed by atoms with Crippen LogP contribution in [0.4, 0.5) is 11.6 Å². The van der Waals surface area contributed by atoms with Gasteiger partial charge in [0.05, 0.1) is 5.56 Å². The molecule has 0 spiro atoms. The number of nitrogens with zero attached hydrogens (tertiary/aromatic N) is 2. The lowest BCUT2D eigenvalue weighted by Crippen LogP contribution is -2.16. The van der Waals surface area contributed by atoms with Gasteiger partial charge in [-0.05, 0) is 25.5 Å². The Hall–Kier alpha value is -2.37. The van der Waals surface area contributed by atoms with Gasteiger partial charge in [0.25, 0.3) is 5.91 Å². The molecular formula is C13H16N4O2. The van der Waals surface area contributed by atoms with Crippen molar-refractivity contribution in [3.8, 4) is 0 Å². The molecule has 2 aromatic heterocycles. The van der Waals surface area contributed by atoms with Crippen LogP contribution < -0.4 is 10.6 Å². The highest BCUT2D eigenvalue weighted by Gasteiger charge is 2.13. The van der Waals surface area contributed by atoms with Gasteiger partial charge in [0.15, 0.2) is 5.82 Å². The molecule has 0 radical (unpaired) electrons. The normalized spacial score (nSPS) is 10.2. The average Bonchev–Trinajstić information content (AvgIpc) is 2.82. The van der Waals surface area contributed by atoms with E-state index in [9.17, 15) is 4.79 Å². The van der Waals surface area contributed by atoms with E-state index in [1.165, 1.54) is 0 Å². The molecule has 0 fully saturated rings. The maximum atomic E-state index is 12.1. The minimum absolute atomic E-state index is 0.264. The van der Waals surface area contributed by atoms with E-state index in [1.54, 1.807) is 31.3 Å². The van der Waals surface area contributed by atoms with Crippen LogP contribution in [0.3, 0.4) is 0 Å². The van der Waals surface area contributed by atoms with Crippen molar-refractivity contribution < 1.29 is 9.32 Å². The van der Waals surface area contributed by atoms with E-state index in [1.807, 2.05) is 6.92 Å². The lowest BCUT2D eigenvalue weighted by Gasteiger charge is -2.09. The maximum absolute atomic E-state index is 12.1. The highest BCUT2D eigenvalue weighted by Crippen LogP contribution is 2.14. The molecular weight excluding hydrogens is 244 g/mol. The van der Waals surface area contributed by atoms with E-state index in [2.05, 4.69) is 20.8 Å². The SMILES string of the molecule is CCCNc1ncccc1C(=O)Nc1cc(C)on1. The summed E-state index contributed by atoms with van der Waals surface area (Å²) in [7, 11) is 0. The summed E-state index contributed by atoms with van der Waals surface area (Å²) < 4.78 is 4.90. The zero-order valence-corrected chi connectivity index (χ0v) is 10.9. The summed E-state index contributed by atoms with van der Waals surface area (Å²) in [6.07, 6.45) is 2.61. The lowest BCUT2D eigenvalue weighted by atomic mass is 10.2. The second-order valence-electron chi connectivity index (χ2n) is 4.10. The molecule has 0 aromatic carbocycles. The fourth-order valence-corrected chi connectivity index (χ4v) is 1.58. The molecule has 0 aliphatic rings. The maximum Gasteiger partial charge on any atom is 0.260 e. The first-order valence-electron chi connectivity index (χ1n) is 6.14. The Morgan fingerprint density at radius 2 is 2.32 bits per heavy atom. The summed E-state index contributed by atoms with van der Waals surface area (Å²) in [5, 5.41) is 9.52. The van der Waals surface area contributed by atoms with Crippen LogP contribution in [0.25, 0.3) is 0 Å². The molecule has 2 aromatic rings. The fourth-order valence-electron chi connectivity index (χ4n) is 1.58. The second kappa shape index (κ2) is 5.99. The molecule has 0 bridgehead atoms. The van der Waals surface area contributed by atoms with Crippen molar-refractivity contribution >= 4 is 17.5 Å². The molecule has 2 rings (SSSR count). The van der Waals surface area contributed by atoms with Crippen LogP contribution in [0.15, 0.2) is 28.9 Å². The molecule has 6 nitrogen and oxygen atoms in total. The fraction of sp³-hybridized carbons (Fsp3) is 0.308. The van der Waals surface area contributed by atoms with Crippen LogP contribution in [0.2, 0.25) is 0 Å². The van der Waals surface area contributed by atoms with Gasteiger partial charge in [0.2, 0.25) is 0 Å². The Labute approximate surface area is 111 Å². The minimum atomic E-state index is -0.264. The number of aromatic nitrogens is 2. The van der Waals surface area contributed by atoms with Gasteiger partial charge < -0.3 is 15.2 Å². The Morgan fingerprint density at radius 1 is 1.47 bits per heavy atom. The second-order valence-corrected chi connectivity index (χ2v) is 4.10. The summed E-state index contributed by atoms with van der Waals surface area (Å²) >= 11 is 0. The van der Waals surface area contributed by atoms with Crippen LogP contribution in [-0.4, -0.2) is 22.6 Å². The van der Waals surface area contributed by atoms with Gasteiger partial charge in [-0.2, -0.15) is 0 Å². The largest absolute Gasteiger partial charge is 0.369 e. The Bertz CT molecular complexity index is 565. The number of rotatable bonds is 5. The topological polar surface area (TPSA) is 80.0 Å². The molecule has 0 aliphatic carbocycles. The van der Waals surface area contributed by atoms with Crippen molar-refractivity contribution in [2.45, 2.75) is 20.3 Å². The number of pyridine rings is 1. The van der Waals surface area contributed by atoms with Gasteiger partial charge in [-0.15, -0.1) is 0 Å². The first-order valence-corrected chi connectivity index (χ1v) is 6.14.